The molecular formula is C13H20N2O4S. The van der Waals surface area contributed by atoms with Crippen LogP contribution in [-0.4, -0.2) is 34.7 Å². The van der Waals surface area contributed by atoms with Crippen LogP contribution >= 0.6 is 0 Å². The van der Waals surface area contributed by atoms with Gasteiger partial charge in [-0.25, -0.2) is 13.1 Å². The van der Waals surface area contributed by atoms with Crippen LogP contribution in [-0.2, 0) is 10.0 Å². The predicted octanol–water partition coefficient (Wildman–Crippen LogP) is 0.863. The van der Waals surface area contributed by atoms with Crippen LogP contribution in [0.25, 0.3) is 0 Å². The third kappa shape index (κ3) is 3.05. The highest BCUT2D eigenvalue weighted by molar-refractivity contribution is 7.89. The first-order valence-electron chi connectivity index (χ1n) is 6.41. The lowest BCUT2D eigenvalue weighted by Gasteiger charge is -2.38. The molecule has 3 N–H and O–H groups in total. The van der Waals surface area contributed by atoms with Crippen molar-refractivity contribution in [2.75, 3.05) is 20.8 Å². The first-order chi connectivity index (χ1) is 9.40. The summed E-state index contributed by atoms with van der Waals surface area (Å²) in [6, 6.07) is 4.58. The zero-order valence-corrected chi connectivity index (χ0v) is 12.5. The average molecular weight is 300 g/mol. The minimum Gasteiger partial charge on any atom is -0.497 e. The smallest absolute Gasteiger partial charge is 0.244 e. The second-order valence-electron chi connectivity index (χ2n) is 5.06. The maximum absolute atomic E-state index is 12.3. The van der Waals surface area contributed by atoms with E-state index >= 15 is 0 Å². The lowest BCUT2D eigenvalue weighted by atomic mass is 9.78. The lowest BCUT2D eigenvalue weighted by Crippen LogP contribution is -2.54. The number of nitrogens with one attached hydrogen (secondary N) is 1. The SMILES string of the molecule is COc1ccc(S(=O)(=O)NCC2(N)CCC2)c(OC)c1. The molecule has 2 rings (SSSR count). The number of methoxy groups -OCH3 is 2. The Morgan fingerprint density at radius 1 is 1.30 bits per heavy atom. The van der Waals surface area contributed by atoms with Gasteiger partial charge in [-0.3, -0.25) is 0 Å². The number of sulfonamides is 1. The normalized spacial score (nSPS) is 17.4. The van der Waals surface area contributed by atoms with E-state index in [4.69, 9.17) is 15.2 Å². The molecule has 112 valence electrons. The molecule has 0 amide bonds. The number of benzene rings is 1. The Balaban J connectivity index is 2.20. The second kappa shape index (κ2) is 5.59. The summed E-state index contributed by atoms with van der Waals surface area (Å²) in [7, 11) is -0.717. The van der Waals surface area contributed by atoms with Crippen molar-refractivity contribution in [2.24, 2.45) is 5.73 Å². The first-order valence-corrected chi connectivity index (χ1v) is 7.89. The molecule has 0 aromatic heterocycles. The highest BCUT2D eigenvalue weighted by Crippen LogP contribution is 2.31. The largest absolute Gasteiger partial charge is 0.497 e. The minimum absolute atomic E-state index is 0.0868. The van der Waals surface area contributed by atoms with E-state index in [0.29, 0.717) is 5.75 Å². The fraction of sp³-hybridized carbons (Fsp3) is 0.538. The zero-order chi connectivity index (χ0) is 14.8. The highest BCUT2D eigenvalue weighted by atomic mass is 32.2. The van der Waals surface area contributed by atoms with Gasteiger partial charge in [-0.05, 0) is 31.4 Å². The van der Waals surface area contributed by atoms with E-state index < -0.39 is 15.6 Å². The van der Waals surface area contributed by atoms with Crippen LogP contribution in [0.2, 0.25) is 0 Å². The van der Waals surface area contributed by atoms with Gasteiger partial charge in [-0.1, -0.05) is 0 Å². The minimum atomic E-state index is -3.65. The van der Waals surface area contributed by atoms with Gasteiger partial charge in [0.2, 0.25) is 10.0 Å². The standard InChI is InChI=1S/C13H20N2O4S/c1-18-10-4-5-12(11(8-10)19-2)20(16,17)15-9-13(14)6-3-7-13/h4-5,8,15H,3,6-7,9,14H2,1-2H3. The quantitative estimate of drug-likeness (QED) is 0.813. The van der Waals surface area contributed by atoms with Gasteiger partial charge in [-0.2, -0.15) is 0 Å². The van der Waals surface area contributed by atoms with Gasteiger partial charge in [0.1, 0.15) is 16.4 Å². The number of rotatable bonds is 6. The monoisotopic (exact) mass is 300 g/mol. The lowest BCUT2D eigenvalue weighted by molar-refractivity contribution is 0.251. The summed E-state index contributed by atoms with van der Waals surface area (Å²) in [5, 5.41) is 0. The Bertz CT molecular complexity index is 582. The molecule has 1 aromatic carbocycles. The number of hydrogen-bond donors (Lipinski definition) is 2. The number of hydrogen-bond acceptors (Lipinski definition) is 5. The molecule has 0 heterocycles. The molecule has 0 aliphatic heterocycles. The highest BCUT2D eigenvalue weighted by Gasteiger charge is 2.34. The van der Waals surface area contributed by atoms with E-state index in [2.05, 4.69) is 4.72 Å². The number of nitrogens with two attached hydrogens (primary N) is 1. The molecule has 1 saturated carbocycles. The zero-order valence-electron chi connectivity index (χ0n) is 11.7. The van der Waals surface area contributed by atoms with Crippen molar-refractivity contribution in [2.45, 2.75) is 29.7 Å². The Hall–Kier alpha value is -1.31. The van der Waals surface area contributed by atoms with Crippen molar-refractivity contribution in [3.8, 4) is 11.5 Å². The van der Waals surface area contributed by atoms with Gasteiger partial charge in [-0.15, -0.1) is 0 Å². The summed E-state index contributed by atoms with van der Waals surface area (Å²) in [4.78, 5) is 0.0868. The van der Waals surface area contributed by atoms with Crippen molar-refractivity contribution >= 4 is 10.0 Å². The molecule has 0 atom stereocenters. The van der Waals surface area contributed by atoms with E-state index in [1.807, 2.05) is 0 Å². The topological polar surface area (TPSA) is 90.7 Å². The van der Waals surface area contributed by atoms with Crippen molar-refractivity contribution in [3.05, 3.63) is 18.2 Å². The Morgan fingerprint density at radius 2 is 2.00 bits per heavy atom. The maximum Gasteiger partial charge on any atom is 0.244 e. The maximum atomic E-state index is 12.3. The Labute approximate surface area is 119 Å². The molecule has 0 saturated heterocycles. The molecular weight excluding hydrogens is 280 g/mol. The van der Waals surface area contributed by atoms with Crippen LogP contribution < -0.4 is 19.9 Å². The van der Waals surface area contributed by atoms with Gasteiger partial charge in [0.05, 0.1) is 14.2 Å². The Morgan fingerprint density at radius 3 is 2.50 bits per heavy atom. The summed E-state index contributed by atoms with van der Waals surface area (Å²) in [5.74, 6) is 0.784. The van der Waals surface area contributed by atoms with Gasteiger partial charge in [0.15, 0.2) is 0 Å². The van der Waals surface area contributed by atoms with Crippen LogP contribution in [0.3, 0.4) is 0 Å². The molecule has 0 bridgehead atoms. The number of ether oxygens (including phenoxy) is 2. The first kappa shape index (κ1) is 15.1. The van der Waals surface area contributed by atoms with Gasteiger partial charge >= 0.3 is 0 Å². The van der Waals surface area contributed by atoms with Gasteiger partial charge in [0, 0.05) is 18.2 Å². The fourth-order valence-electron chi connectivity index (χ4n) is 2.12. The summed E-state index contributed by atoms with van der Waals surface area (Å²) in [6.07, 6.45) is 2.73. The summed E-state index contributed by atoms with van der Waals surface area (Å²) >= 11 is 0. The molecule has 1 aliphatic rings. The van der Waals surface area contributed by atoms with Crippen LogP contribution in [0.4, 0.5) is 0 Å². The molecule has 20 heavy (non-hydrogen) atoms. The van der Waals surface area contributed by atoms with Crippen LogP contribution in [0.5, 0.6) is 11.5 Å². The summed E-state index contributed by atoms with van der Waals surface area (Å²) in [6.45, 7) is 0.241. The van der Waals surface area contributed by atoms with Crippen LogP contribution in [0, 0.1) is 0 Å². The van der Waals surface area contributed by atoms with E-state index in [9.17, 15) is 8.42 Å². The molecule has 6 nitrogen and oxygen atoms in total. The average Bonchev–Trinajstić information content (AvgIpc) is 2.42. The van der Waals surface area contributed by atoms with Crippen LogP contribution in [0.1, 0.15) is 19.3 Å². The molecule has 1 fully saturated rings. The molecule has 1 aliphatic carbocycles. The van der Waals surface area contributed by atoms with Gasteiger partial charge < -0.3 is 15.2 Å². The molecule has 0 spiro atoms. The molecule has 0 unspecified atom stereocenters. The fourth-order valence-corrected chi connectivity index (χ4v) is 3.41. The molecule has 1 aromatic rings. The Kier molecular flexibility index (Phi) is 4.22. The van der Waals surface area contributed by atoms with Gasteiger partial charge in [0.25, 0.3) is 0 Å². The van der Waals surface area contributed by atoms with Crippen molar-refractivity contribution < 1.29 is 17.9 Å². The van der Waals surface area contributed by atoms with E-state index in [1.54, 1.807) is 6.07 Å². The predicted molar refractivity (Wildman–Crippen MR) is 75.5 cm³/mol. The van der Waals surface area contributed by atoms with E-state index in [1.165, 1.54) is 26.4 Å². The van der Waals surface area contributed by atoms with E-state index in [-0.39, 0.29) is 17.2 Å². The van der Waals surface area contributed by atoms with Crippen molar-refractivity contribution in [1.82, 2.24) is 4.72 Å². The third-order valence-electron chi connectivity index (χ3n) is 3.62. The van der Waals surface area contributed by atoms with Crippen molar-refractivity contribution in [3.63, 3.8) is 0 Å². The summed E-state index contributed by atoms with van der Waals surface area (Å²) in [5.41, 5.74) is 5.62. The summed E-state index contributed by atoms with van der Waals surface area (Å²) < 4.78 is 37.3. The van der Waals surface area contributed by atoms with E-state index in [0.717, 1.165) is 19.3 Å². The van der Waals surface area contributed by atoms with Crippen molar-refractivity contribution in [1.29, 1.82) is 0 Å². The third-order valence-corrected chi connectivity index (χ3v) is 5.06. The second-order valence-corrected chi connectivity index (χ2v) is 6.79. The molecule has 7 heteroatoms. The molecule has 0 radical (unpaired) electrons. The van der Waals surface area contributed by atoms with Crippen LogP contribution in [0.15, 0.2) is 23.1 Å².